The maximum atomic E-state index is 14.1. The van der Waals surface area contributed by atoms with E-state index in [1.54, 1.807) is 22.9 Å². The Morgan fingerprint density at radius 1 is 1.07 bits per heavy atom. The lowest BCUT2D eigenvalue weighted by Gasteiger charge is -2.11. The molecule has 1 amide bonds. The van der Waals surface area contributed by atoms with Gasteiger partial charge in [0, 0.05) is 9.37 Å². The number of benzene rings is 3. The summed E-state index contributed by atoms with van der Waals surface area (Å²) in [6.45, 7) is 0. The molecule has 1 heterocycles. The van der Waals surface area contributed by atoms with Crippen molar-refractivity contribution in [3.8, 4) is 5.69 Å². The fraction of sp³-hybridized carbons (Fsp3) is 0.0476. The van der Waals surface area contributed by atoms with E-state index < -0.39 is 5.82 Å². The molecule has 9 heteroatoms. The van der Waals surface area contributed by atoms with Gasteiger partial charge >= 0.3 is 0 Å². The number of halogens is 2. The highest BCUT2D eigenvalue weighted by Gasteiger charge is 2.15. The standard InChI is InChI=1S/C21H15BrFN5OS/c22-14-10-11-18(17(23)12-14)24-21(29)16-8-4-5-9-19(16)30-13-20-25-26-27-28(20)15-6-2-1-3-7-15/h1-12H,13H2,(H,24,29). The predicted molar refractivity (Wildman–Crippen MR) is 117 cm³/mol. The van der Waals surface area contributed by atoms with Crippen LogP contribution in [0.15, 0.2) is 82.2 Å². The maximum Gasteiger partial charge on any atom is 0.256 e. The average Bonchev–Trinajstić information content (AvgIpc) is 3.24. The number of tetrazole rings is 1. The van der Waals surface area contributed by atoms with Gasteiger partial charge in [-0.15, -0.1) is 16.9 Å². The van der Waals surface area contributed by atoms with Crippen LogP contribution in [0.4, 0.5) is 10.1 Å². The second kappa shape index (κ2) is 9.19. The molecule has 150 valence electrons. The molecule has 1 aromatic heterocycles. The molecule has 0 atom stereocenters. The van der Waals surface area contributed by atoms with Crippen molar-refractivity contribution in [3.05, 3.63) is 94.5 Å². The summed E-state index contributed by atoms with van der Waals surface area (Å²) in [5.41, 5.74) is 1.43. The van der Waals surface area contributed by atoms with Gasteiger partial charge in [0.25, 0.3) is 5.91 Å². The minimum absolute atomic E-state index is 0.121. The number of amides is 1. The van der Waals surface area contributed by atoms with E-state index in [9.17, 15) is 9.18 Å². The van der Waals surface area contributed by atoms with E-state index in [2.05, 4.69) is 36.8 Å². The highest BCUT2D eigenvalue weighted by molar-refractivity contribution is 9.10. The van der Waals surface area contributed by atoms with Gasteiger partial charge in [-0.3, -0.25) is 4.79 Å². The fourth-order valence-electron chi connectivity index (χ4n) is 2.77. The molecule has 0 saturated heterocycles. The van der Waals surface area contributed by atoms with Crippen molar-refractivity contribution < 1.29 is 9.18 Å². The summed E-state index contributed by atoms with van der Waals surface area (Å²) >= 11 is 4.64. The summed E-state index contributed by atoms with van der Waals surface area (Å²) in [5.74, 6) is 0.214. The highest BCUT2D eigenvalue weighted by Crippen LogP contribution is 2.27. The number of hydrogen-bond acceptors (Lipinski definition) is 5. The topological polar surface area (TPSA) is 72.7 Å². The molecule has 3 aromatic carbocycles. The summed E-state index contributed by atoms with van der Waals surface area (Å²) < 4.78 is 16.4. The van der Waals surface area contributed by atoms with E-state index in [0.29, 0.717) is 21.6 Å². The van der Waals surface area contributed by atoms with Crippen molar-refractivity contribution in [2.45, 2.75) is 10.6 Å². The van der Waals surface area contributed by atoms with Crippen LogP contribution in [0.3, 0.4) is 0 Å². The maximum absolute atomic E-state index is 14.1. The lowest BCUT2D eigenvalue weighted by atomic mass is 10.2. The van der Waals surface area contributed by atoms with Crippen LogP contribution in [-0.4, -0.2) is 26.1 Å². The Hall–Kier alpha value is -3.04. The second-order valence-electron chi connectivity index (χ2n) is 6.21. The number of thioether (sulfide) groups is 1. The molecule has 4 aromatic rings. The zero-order valence-corrected chi connectivity index (χ0v) is 17.9. The normalized spacial score (nSPS) is 10.7. The Morgan fingerprint density at radius 3 is 2.63 bits per heavy atom. The number of carbonyl (C=O) groups is 1. The van der Waals surface area contributed by atoms with Crippen molar-refractivity contribution in [3.63, 3.8) is 0 Å². The molecule has 0 fully saturated rings. The lowest BCUT2D eigenvalue weighted by Crippen LogP contribution is -2.14. The second-order valence-corrected chi connectivity index (χ2v) is 8.14. The highest BCUT2D eigenvalue weighted by atomic mass is 79.9. The molecule has 1 N–H and O–H groups in total. The Morgan fingerprint density at radius 2 is 1.83 bits per heavy atom. The summed E-state index contributed by atoms with van der Waals surface area (Å²) in [6, 6.07) is 21.2. The molecule has 30 heavy (non-hydrogen) atoms. The molecule has 0 spiro atoms. The molecule has 0 aliphatic heterocycles. The molecule has 0 aliphatic carbocycles. The molecule has 0 aliphatic rings. The van der Waals surface area contributed by atoms with Crippen LogP contribution >= 0.6 is 27.7 Å². The molecule has 4 rings (SSSR count). The Balaban J connectivity index is 1.52. The molecule has 0 bridgehead atoms. The fourth-order valence-corrected chi connectivity index (χ4v) is 4.06. The van der Waals surface area contributed by atoms with E-state index in [1.807, 2.05) is 42.5 Å². The van der Waals surface area contributed by atoms with Gasteiger partial charge in [0.2, 0.25) is 0 Å². The number of nitrogens with one attached hydrogen (secondary N) is 1. The minimum Gasteiger partial charge on any atom is -0.319 e. The van der Waals surface area contributed by atoms with E-state index in [4.69, 9.17) is 0 Å². The third kappa shape index (κ3) is 4.58. The van der Waals surface area contributed by atoms with Gasteiger partial charge in [-0.1, -0.05) is 46.3 Å². The molecular weight excluding hydrogens is 469 g/mol. The molecule has 0 saturated carbocycles. The third-order valence-electron chi connectivity index (χ3n) is 4.20. The first-order valence-electron chi connectivity index (χ1n) is 8.93. The summed E-state index contributed by atoms with van der Waals surface area (Å²) in [4.78, 5) is 13.5. The Kier molecular flexibility index (Phi) is 6.20. The third-order valence-corrected chi connectivity index (χ3v) is 5.77. The van der Waals surface area contributed by atoms with Crippen molar-refractivity contribution >= 4 is 39.3 Å². The number of nitrogens with zero attached hydrogens (tertiary/aromatic N) is 4. The van der Waals surface area contributed by atoms with Crippen LogP contribution in [0.5, 0.6) is 0 Å². The van der Waals surface area contributed by atoms with Gasteiger partial charge in [-0.2, -0.15) is 4.68 Å². The largest absolute Gasteiger partial charge is 0.319 e. The van der Waals surface area contributed by atoms with Crippen molar-refractivity contribution in [1.82, 2.24) is 20.2 Å². The molecular formula is C21H15BrFN5OS. The number of carbonyl (C=O) groups excluding carboxylic acids is 1. The van der Waals surface area contributed by atoms with Crippen LogP contribution in [0.2, 0.25) is 0 Å². The van der Waals surface area contributed by atoms with Crippen LogP contribution in [-0.2, 0) is 5.75 Å². The van der Waals surface area contributed by atoms with Crippen molar-refractivity contribution in [2.75, 3.05) is 5.32 Å². The number of anilines is 1. The van der Waals surface area contributed by atoms with E-state index in [0.717, 1.165) is 10.6 Å². The van der Waals surface area contributed by atoms with Gasteiger partial charge < -0.3 is 5.32 Å². The smallest absolute Gasteiger partial charge is 0.256 e. The number of aromatic nitrogens is 4. The van der Waals surface area contributed by atoms with E-state index >= 15 is 0 Å². The minimum atomic E-state index is -0.509. The Labute approximate surface area is 184 Å². The van der Waals surface area contributed by atoms with Gasteiger partial charge in [0.05, 0.1) is 22.7 Å². The Bertz CT molecular complexity index is 1190. The summed E-state index contributed by atoms with van der Waals surface area (Å²) in [5, 5.41) is 14.5. The van der Waals surface area contributed by atoms with Crippen molar-refractivity contribution in [2.24, 2.45) is 0 Å². The number of para-hydroxylation sites is 1. The molecule has 0 radical (unpaired) electrons. The SMILES string of the molecule is O=C(Nc1ccc(Br)cc1F)c1ccccc1SCc1nnnn1-c1ccccc1. The molecule has 0 unspecified atom stereocenters. The van der Waals surface area contributed by atoms with Gasteiger partial charge in [-0.05, 0) is 52.9 Å². The zero-order chi connectivity index (χ0) is 20.9. The van der Waals surface area contributed by atoms with E-state index in [1.165, 1.54) is 23.9 Å². The van der Waals surface area contributed by atoms with Crippen LogP contribution in [0, 0.1) is 5.82 Å². The molecule has 6 nitrogen and oxygen atoms in total. The quantitative estimate of drug-likeness (QED) is 0.385. The van der Waals surface area contributed by atoms with Gasteiger partial charge in [-0.25, -0.2) is 4.39 Å². The monoisotopic (exact) mass is 483 g/mol. The van der Waals surface area contributed by atoms with Crippen molar-refractivity contribution in [1.29, 1.82) is 0 Å². The number of rotatable bonds is 6. The predicted octanol–water partition coefficient (Wildman–Crippen LogP) is 5.11. The summed E-state index contributed by atoms with van der Waals surface area (Å²) in [7, 11) is 0. The zero-order valence-electron chi connectivity index (χ0n) is 15.5. The average molecular weight is 484 g/mol. The first-order chi connectivity index (χ1) is 14.6. The number of hydrogen-bond donors (Lipinski definition) is 1. The van der Waals surface area contributed by atoms with Crippen LogP contribution in [0.25, 0.3) is 5.69 Å². The first-order valence-corrected chi connectivity index (χ1v) is 10.7. The van der Waals surface area contributed by atoms with Gasteiger partial charge in [0.15, 0.2) is 5.82 Å². The first kappa shape index (κ1) is 20.2. The van der Waals surface area contributed by atoms with Crippen LogP contribution < -0.4 is 5.32 Å². The summed E-state index contributed by atoms with van der Waals surface area (Å²) in [6.07, 6.45) is 0. The van der Waals surface area contributed by atoms with E-state index in [-0.39, 0.29) is 11.6 Å². The van der Waals surface area contributed by atoms with Crippen LogP contribution in [0.1, 0.15) is 16.2 Å². The van der Waals surface area contributed by atoms with Gasteiger partial charge in [0.1, 0.15) is 5.82 Å². The lowest BCUT2D eigenvalue weighted by molar-refractivity contribution is 0.102.